The number of carbonyl (C=O) groups excluding carboxylic acids is 1. The van der Waals surface area contributed by atoms with Crippen LogP contribution in [0.2, 0.25) is 0 Å². The van der Waals surface area contributed by atoms with Gasteiger partial charge in [-0.3, -0.25) is 4.79 Å². The van der Waals surface area contributed by atoms with Crippen molar-refractivity contribution in [3.05, 3.63) is 76.7 Å². The van der Waals surface area contributed by atoms with Crippen LogP contribution in [0, 0.1) is 0 Å². The van der Waals surface area contributed by atoms with E-state index in [0.29, 0.717) is 27.3 Å². The summed E-state index contributed by atoms with van der Waals surface area (Å²) in [4.78, 5) is 12.6. The lowest BCUT2D eigenvalue weighted by atomic mass is 10.1. The van der Waals surface area contributed by atoms with Crippen LogP contribution in [0.4, 0.5) is 0 Å². The Morgan fingerprint density at radius 3 is 2.64 bits per heavy atom. The van der Waals surface area contributed by atoms with Gasteiger partial charge in [0.05, 0.1) is 12.0 Å². The Labute approximate surface area is 172 Å². The van der Waals surface area contributed by atoms with Crippen molar-refractivity contribution >= 4 is 51.1 Å². The topological polar surface area (TPSA) is 47.6 Å². The summed E-state index contributed by atoms with van der Waals surface area (Å²) in [5, 5.41) is 4.94. The number of hydrogen-bond acceptors (Lipinski definition) is 5. The molecule has 1 heterocycles. The van der Waals surface area contributed by atoms with Gasteiger partial charge in [-0.25, -0.2) is 0 Å². The number of methoxy groups -OCH3 is 1. The number of rotatable bonds is 5. The number of carbonyl (C=O) groups is 1. The molecule has 0 saturated carbocycles. The van der Waals surface area contributed by atoms with Crippen LogP contribution in [0.1, 0.15) is 11.1 Å². The number of ether oxygens (including phenoxy) is 2. The number of amides is 1. The zero-order chi connectivity index (χ0) is 19.5. The maximum atomic E-state index is 12.0. The fourth-order valence-corrected chi connectivity index (χ4v) is 4.13. The van der Waals surface area contributed by atoms with Crippen molar-refractivity contribution in [2.24, 2.45) is 0 Å². The monoisotopic (exact) mass is 407 g/mol. The standard InChI is InChI=1S/C22H17NO3S2/c1-25-18-11-5-8-15(12-19-21(24)23-22(27)28-19)20(18)26-13-16-9-4-7-14-6-2-3-10-17(14)16/h2-12H,13H2,1H3,(H,23,24,27). The van der Waals surface area contributed by atoms with Gasteiger partial charge in [-0.05, 0) is 28.5 Å². The fraction of sp³-hybridized carbons (Fsp3) is 0.0909. The van der Waals surface area contributed by atoms with Gasteiger partial charge < -0.3 is 14.8 Å². The molecule has 0 aliphatic carbocycles. The highest BCUT2D eigenvalue weighted by molar-refractivity contribution is 8.26. The average Bonchev–Trinajstić information content (AvgIpc) is 3.03. The first kappa shape index (κ1) is 18.5. The number of thiocarbonyl (C=S) groups is 1. The second-order valence-electron chi connectivity index (χ2n) is 6.16. The van der Waals surface area contributed by atoms with Crippen LogP contribution >= 0.6 is 24.0 Å². The van der Waals surface area contributed by atoms with E-state index >= 15 is 0 Å². The maximum absolute atomic E-state index is 12.0. The van der Waals surface area contributed by atoms with Crippen molar-refractivity contribution < 1.29 is 14.3 Å². The molecule has 3 aromatic rings. The predicted molar refractivity (Wildman–Crippen MR) is 118 cm³/mol. The van der Waals surface area contributed by atoms with E-state index in [2.05, 4.69) is 29.6 Å². The molecule has 0 aromatic heterocycles. The molecule has 6 heteroatoms. The van der Waals surface area contributed by atoms with Crippen molar-refractivity contribution in [1.82, 2.24) is 5.32 Å². The molecule has 0 bridgehead atoms. The molecule has 0 unspecified atom stereocenters. The SMILES string of the molecule is COc1cccc(C=C2SC(=S)NC2=O)c1OCc1cccc2ccccc12. The molecule has 0 radical (unpaired) electrons. The molecular weight excluding hydrogens is 390 g/mol. The third-order valence-corrected chi connectivity index (χ3v) is 5.57. The minimum atomic E-state index is -0.196. The molecule has 1 N–H and O–H groups in total. The average molecular weight is 408 g/mol. The first-order valence-corrected chi connectivity index (χ1v) is 9.89. The fourth-order valence-electron chi connectivity index (χ4n) is 3.09. The number of benzene rings is 3. The smallest absolute Gasteiger partial charge is 0.263 e. The van der Waals surface area contributed by atoms with Gasteiger partial charge in [0.15, 0.2) is 11.5 Å². The van der Waals surface area contributed by atoms with Crippen molar-refractivity contribution in [3.63, 3.8) is 0 Å². The summed E-state index contributed by atoms with van der Waals surface area (Å²) >= 11 is 6.31. The minimum absolute atomic E-state index is 0.196. The van der Waals surface area contributed by atoms with E-state index in [0.717, 1.165) is 16.5 Å². The highest BCUT2D eigenvalue weighted by Gasteiger charge is 2.23. The molecule has 1 fully saturated rings. The van der Waals surface area contributed by atoms with Crippen LogP contribution in [-0.2, 0) is 11.4 Å². The molecule has 0 spiro atoms. The van der Waals surface area contributed by atoms with Gasteiger partial charge >= 0.3 is 0 Å². The highest BCUT2D eigenvalue weighted by Crippen LogP contribution is 2.36. The zero-order valence-electron chi connectivity index (χ0n) is 15.1. The second-order valence-corrected chi connectivity index (χ2v) is 7.88. The number of para-hydroxylation sites is 1. The van der Waals surface area contributed by atoms with Crippen molar-refractivity contribution in [3.8, 4) is 11.5 Å². The maximum Gasteiger partial charge on any atom is 0.263 e. The Kier molecular flexibility index (Phi) is 5.32. The predicted octanol–water partition coefficient (Wildman–Crippen LogP) is 4.92. The number of thioether (sulfide) groups is 1. The summed E-state index contributed by atoms with van der Waals surface area (Å²) in [7, 11) is 1.60. The third-order valence-electron chi connectivity index (χ3n) is 4.41. The lowest BCUT2D eigenvalue weighted by Gasteiger charge is -2.15. The number of hydrogen-bond donors (Lipinski definition) is 1. The Morgan fingerprint density at radius 1 is 1.07 bits per heavy atom. The molecule has 4 nitrogen and oxygen atoms in total. The molecule has 1 aliphatic rings. The van der Waals surface area contributed by atoms with E-state index in [1.54, 1.807) is 13.2 Å². The van der Waals surface area contributed by atoms with Gasteiger partial charge in [-0.2, -0.15) is 0 Å². The molecular formula is C22H17NO3S2. The molecule has 28 heavy (non-hydrogen) atoms. The first-order valence-electron chi connectivity index (χ1n) is 8.67. The minimum Gasteiger partial charge on any atom is -0.493 e. The Balaban J connectivity index is 1.68. The summed E-state index contributed by atoms with van der Waals surface area (Å²) in [5.74, 6) is 1.01. The molecule has 140 valence electrons. The second kappa shape index (κ2) is 8.04. The molecule has 4 rings (SSSR count). The molecule has 0 atom stereocenters. The van der Waals surface area contributed by atoms with Crippen LogP contribution in [0.15, 0.2) is 65.6 Å². The molecule has 1 aliphatic heterocycles. The molecule has 3 aromatic carbocycles. The van der Waals surface area contributed by atoms with E-state index in [-0.39, 0.29) is 5.91 Å². The van der Waals surface area contributed by atoms with Gasteiger partial charge in [-0.15, -0.1) is 0 Å². The van der Waals surface area contributed by atoms with E-state index in [4.69, 9.17) is 21.7 Å². The third kappa shape index (κ3) is 3.74. The quantitative estimate of drug-likeness (QED) is 0.481. The van der Waals surface area contributed by atoms with Crippen LogP contribution in [0.5, 0.6) is 11.5 Å². The van der Waals surface area contributed by atoms with Gasteiger partial charge in [0.1, 0.15) is 10.9 Å². The lowest BCUT2D eigenvalue weighted by molar-refractivity contribution is -0.115. The summed E-state index contributed by atoms with van der Waals surface area (Å²) in [5.41, 5.74) is 1.85. The summed E-state index contributed by atoms with van der Waals surface area (Å²) < 4.78 is 12.1. The summed E-state index contributed by atoms with van der Waals surface area (Å²) in [6.07, 6.45) is 1.78. The normalized spacial score (nSPS) is 15.1. The number of nitrogens with one attached hydrogen (secondary N) is 1. The Bertz CT molecular complexity index is 1100. The van der Waals surface area contributed by atoms with E-state index < -0.39 is 0 Å². The summed E-state index contributed by atoms with van der Waals surface area (Å²) in [6, 6.07) is 20.0. The Hall–Kier alpha value is -2.83. The van der Waals surface area contributed by atoms with E-state index in [9.17, 15) is 4.79 Å². The van der Waals surface area contributed by atoms with Crippen LogP contribution in [-0.4, -0.2) is 17.3 Å². The Morgan fingerprint density at radius 2 is 1.86 bits per heavy atom. The van der Waals surface area contributed by atoms with Crippen LogP contribution in [0.3, 0.4) is 0 Å². The van der Waals surface area contributed by atoms with E-state index in [1.807, 2.05) is 36.4 Å². The highest BCUT2D eigenvalue weighted by atomic mass is 32.2. The molecule has 1 amide bonds. The van der Waals surface area contributed by atoms with Crippen molar-refractivity contribution in [2.45, 2.75) is 6.61 Å². The first-order chi connectivity index (χ1) is 13.7. The van der Waals surface area contributed by atoms with Gasteiger partial charge in [0.25, 0.3) is 5.91 Å². The van der Waals surface area contributed by atoms with E-state index in [1.165, 1.54) is 17.1 Å². The van der Waals surface area contributed by atoms with Crippen molar-refractivity contribution in [2.75, 3.05) is 7.11 Å². The molecule has 1 saturated heterocycles. The van der Waals surface area contributed by atoms with Crippen LogP contribution < -0.4 is 14.8 Å². The summed E-state index contributed by atoms with van der Waals surface area (Å²) in [6.45, 7) is 0.385. The number of fused-ring (bicyclic) bond motifs is 1. The van der Waals surface area contributed by atoms with Gasteiger partial charge in [0.2, 0.25) is 0 Å². The lowest BCUT2D eigenvalue weighted by Crippen LogP contribution is -2.17. The largest absolute Gasteiger partial charge is 0.493 e. The van der Waals surface area contributed by atoms with Crippen LogP contribution in [0.25, 0.3) is 16.8 Å². The van der Waals surface area contributed by atoms with Gasteiger partial charge in [0, 0.05) is 5.56 Å². The van der Waals surface area contributed by atoms with Gasteiger partial charge in [-0.1, -0.05) is 78.6 Å². The van der Waals surface area contributed by atoms with Crippen molar-refractivity contribution in [1.29, 1.82) is 0 Å². The zero-order valence-corrected chi connectivity index (χ0v) is 16.7.